The van der Waals surface area contributed by atoms with Crippen LogP contribution in [0.25, 0.3) is 0 Å². The number of ether oxygens (including phenoxy) is 2. The lowest BCUT2D eigenvalue weighted by atomic mass is 9.72. The topological polar surface area (TPSA) is 64.6 Å². The molecular formula is C28H31NO4S. The highest BCUT2D eigenvalue weighted by atomic mass is 32.1. The molecule has 1 fully saturated rings. The number of carbonyl (C=O) groups is 2. The number of benzene rings is 1. The maximum atomic E-state index is 13.7. The molecule has 0 amide bonds. The first-order chi connectivity index (χ1) is 16.6. The predicted octanol–water partition coefficient (Wildman–Crippen LogP) is 5.99. The number of rotatable bonds is 6. The molecule has 0 bridgehead atoms. The average molecular weight is 478 g/mol. The van der Waals surface area contributed by atoms with Crippen LogP contribution in [-0.2, 0) is 14.3 Å². The SMILES string of the molecule is CCOc1ccccc1[C@H]1C(C(=O)OC2CCCC2)=C(C)NC2=C1C(=O)C[C@H](c1cccs1)C2. The van der Waals surface area contributed by atoms with Gasteiger partial charge in [0.05, 0.1) is 18.1 Å². The number of carbonyl (C=O) groups excluding carboxylic acids is 2. The number of nitrogens with one attached hydrogen (secondary N) is 1. The summed E-state index contributed by atoms with van der Waals surface area (Å²) in [5.41, 5.74) is 3.74. The first-order valence-electron chi connectivity index (χ1n) is 12.3. The zero-order chi connectivity index (χ0) is 23.7. The Labute approximate surface area is 204 Å². The molecule has 0 unspecified atom stereocenters. The van der Waals surface area contributed by atoms with Gasteiger partial charge in [-0.25, -0.2) is 4.79 Å². The van der Waals surface area contributed by atoms with Crippen LogP contribution in [0.1, 0.15) is 74.6 Å². The molecule has 2 heterocycles. The van der Waals surface area contributed by atoms with Crippen LogP contribution in [0.5, 0.6) is 5.75 Å². The molecule has 1 aromatic carbocycles. The van der Waals surface area contributed by atoms with Gasteiger partial charge in [0.25, 0.3) is 0 Å². The molecule has 1 aliphatic heterocycles. The van der Waals surface area contributed by atoms with E-state index in [0.717, 1.165) is 49.1 Å². The van der Waals surface area contributed by atoms with Gasteiger partial charge < -0.3 is 14.8 Å². The maximum Gasteiger partial charge on any atom is 0.337 e. The first-order valence-corrected chi connectivity index (χ1v) is 13.1. The molecule has 5 nitrogen and oxygen atoms in total. The van der Waals surface area contributed by atoms with E-state index in [9.17, 15) is 9.59 Å². The fourth-order valence-corrected chi connectivity index (χ4v) is 6.40. The van der Waals surface area contributed by atoms with E-state index in [4.69, 9.17) is 9.47 Å². The van der Waals surface area contributed by atoms with Crippen LogP contribution in [0.3, 0.4) is 0 Å². The quantitative estimate of drug-likeness (QED) is 0.518. The number of esters is 1. The standard InChI is InChI=1S/C28H31NO4S/c1-3-32-23-12-7-6-11-20(23)26-25(28(31)33-19-9-4-5-10-19)17(2)29-21-15-18(16-22(30)27(21)26)24-13-8-14-34-24/h6-8,11-14,18-19,26,29H,3-5,9-10,15-16H2,1-2H3/t18-,26+/m1/s1. The van der Waals surface area contributed by atoms with E-state index >= 15 is 0 Å². The fraction of sp³-hybridized carbons (Fsp3) is 0.429. The Kier molecular flexibility index (Phi) is 6.59. The van der Waals surface area contributed by atoms with Crippen molar-refractivity contribution in [3.63, 3.8) is 0 Å². The Morgan fingerprint density at radius 2 is 1.91 bits per heavy atom. The lowest BCUT2D eigenvalue weighted by Gasteiger charge is -2.37. The number of ketones is 1. The summed E-state index contributed by atoms with van der Waals surface area (Å²) in [6.07, 6.45) is 5.12. The van der Waals surface area contributed by atoms with E-state index in [0.29, 0.717) is 29.9 Å². The molecule has 2 aliphatic carbocycles. The summed E-state index contributed by atoms with van der Waals surface area (Å²) in [6.45, 7) is 4.37. The van der Waals surface area contributed by atoms with Gasteiger partial charge in [-0.15, -0.1) is 11.3 Å². The predicted molar refractivity (Wildman–Crippen MR) is 133 cm³/mol. The number of Topliss-reactive ketones (excluding diaryl/α,β-unsaturated/α-hetero) is 1. The van der Waals surface area contributed by atoms with Crippen LogP contribution in [0.4, 0.5) is 0 Å². The van der Waals surface area contributed by atoms with Crippen LogP contribution in [-0.4, -0.2) is 24.5 Å². The summed E-state index contributed by atoms with van der Waals surface area (Å²) in [4.78, 5) is 28.5. The number of allylic oxidation sites excluding steroid dienone is 3. The summed E-state index contributed by atoms with van der Waals surface area (Å²) in [6, 6.07) is 11.9. The van der Waals surface area contributed by atoms with Crippen LogP contribution in [0.2, 0.25) is 0 Å². The molecule has 1 N–H and O–H groups in total. The second-order valence-electron chi connectivity index (χ2n) is 9.32. The monoisotopic (exact) mass is 477 g/mol. The van der Waals surface area contributed by atoms with Gasteiger partial charge in [0.1, 0.15) is 11.9 Å². The fourth-order valence-electron chi connectivity index (χ4n) is 5.57. The molecule has 0 radical (unpaired) electrons. The third-order valence-electron chi connectivity index (χ3n) is 7.10. The number of para-hydroxylation sites is 1. The molecule has 5 rings (SSSR count). The van der Waals surface area contributed by atoms with Crippen LogP contribution in [0.15, 0.2) is 64.3 Å². The number of thiophene rings is 1. The Morgan fingerprint density at radius 3 is 2.65 bits per heavy atom. The number of hydrogen-bond donors (Lipinski definition) is 1. The molecular weight excluding hydrogens is 446 g/mol. The molecule has 0 saturated heterocycles. The van der Waals surface area contributed by atoms with Crippen molar-refractivity contribution in [2.45, 2.75) is 70.3 Å². The summed E-state index contributed by atoms with van der Waals surface area (Å²) >= 11 is 1.69. The highest BCUT2D eigenvalue weighted by Gasteiger charge is 2.43. The summed E-state index contributed by atoms with van der Waals surface area (Å²) < 4.78 is 11.9. The number of dihydropyridines is 1. The Bertz CT molecular complexity index is 1140. The summed E-state index contributed by atoms with van der Waals surface area (Å²) in [5, 5.41) is 5.51. The van der Waals surface area contributed by atoms with E-state index in [2.05, 4.69) is 16.8 Å². The first kappa shape index (κ1) is 22.9. The Balaban J connectivity index is 1.58. The van der Waals surface area contributed by atoms with Crippen molar-refractivity contribution in [1.29, 1.82) is 0 Å². The van der Waals surface area contributed by atoms with E-state index < -0.39 is 5.92 Å². The Morgan fingerprint density at radius 1 is 1.12 bits per heavy atom. The van der Waals surface area contributed by atoms with E-state index in [-0.39, 0.29) is 23.8 Å². The minimum Gasteiger partial charge on any atom is -0.494 e. The lowest BCUT2D eigenvalue weighted by molar-refractivity contribution is -0.144. The minimum atomic E-state index is -0.496. The smallest absolute Gasteiger partial charge is 0.337 e. The van der Waals surface area contributed by atoms with E-state index in [1.165, 1.54) is 4.88 Å². The van der Waals surface area contributed by atoms with Crippen molar-refractivity contribution in [2.24, 2.45) is 0 Å². The third-order valence-corrected chi connectivity index (χ3v) is 8.13. The van der Waals surface area contributed by atoms with Crippen molar-refractivity contribution >= 4 is 23.1 Å². The molecule has 6 heteroatoms. The average Bonchev–Trinajstić information content (AvgIpc) is 3.53. The molecule has 2 aromatic rings. The van der Waals surface area contributed by atoms with Crippen molar-refractivity contribution in [3.05, 3.63) is 74.8 Å². The third kappa shape index (κ3) is 4.31. The van der Waals surface area contributed by atoms with E-state index in [1.54, 1.807) is 11.3 Å². The Hall–Kier alpha value is -2.86. The van der Waals surface area contributed by atoms with Gasteiger partial charge in [-0.2, -0.15) is 0 Å². The van der Waals surface area contributed by atoms with Gasteiger partial charge in [-0.05, 0) is 63.5 Å². The summed E-state index contributed by atoms with van der Waals surface area (Å²) in [5.74, 6) is 0.122. The maximum absolute atomic E-state index is 13.7. The zero-order valence-corrected chi connectivity index (χ0v) is 20.6. The molecule has 2 atom stereocenters. The molecule has 3 aliphatic rings. The van der Waals surface area contributed by atoms with Crippen molar-refractivity contribution < 1.29 is 19.1 Å². The van der Waals surface area contributed by atoms with Crippen LogP contribution in [0, 0.1) is 0 Å². The van der Waals surface area contributed by atoms with Crippen molar-refractivity contribution in [2.75, 3.05) is 6.61 Å². The highest BCUT2D eigenvalue weighted by Crippen LogP contribution is 2.48. The molecule has 34 heavy (non-hydrogen) atoms. The van der Waals surface area contributed by atoms with Crippen molar-refractivity contribution in [3.8, 4) is 5.75 Å². The second kappa shape index (κ2) is 9.79. The van der Waals surface area contributed by atoms with Gasteiger partial charge in [0.2, 0.25) is 0 Å². The number of hydrogen-bond acceptors (Lipinski definition) is 6. The molecule has 0 spiro atoms. The lowest BCUT2D eigenvalue weighted by Crippen LogP contribution is -2.36. The van der Waals surface area contributed by atoms with E-state index in [1.807, 2.05) is 44.2 Å². The van der Waals surface area contributed by atoms with Crippen LogP contribution < -0.4 is 10.1 Å². The zero-order valence-electron chi connectivity index (χ0n) is 19.8. The minimum absolute atomic E-state index is 0.0452. The highest BCUT2D eigenvalue weighted by molar-refractivity contribution is 7.10. The van der Waals surface area contributed by atoms with Crippen molar-refractivity contribution in [1.82, 2.24) is 5.32 Å². The van der Waals surface area contributed by atoms with Gasteiger partial charge in [0.15, 0.2) is 5.78 Å². The van der Waals surface area contributed by atoms with Gasteiger partial charge >= 0.3 is 5.97 Å². The van der Waals surface area contributed by atoms with Gasteiger partial charge in [-0.1, -0.05) is 24.3 Å². The van der Waals surface area contributed by atoms with Gasteiger partial charge in [-0.3, -0.25) is 4.79 Å². The second-order valence-corrected chi connectivity index (χ2v) is 10.3. The summed E-state index contributed by atoms with van der Waals surface area (Å²) in [7, 11) is 0. The molecule has 178 valence electrons. The molecule has 1 saturated carbocycles. The molecule has 1 aromatic heterocycles. The van der Waals surface area contributed by atoms with Gasteiger partial charge in [0, 0.05) is 39.7 Å². The normalized spacial score (nSPS) is 23.1. The largest absolute Gasteiger partial charge is 0.494 e. The van der Waals surface area contributed by atoms with Crippen LogP contribution >= 0.6 is 11.3 Å².